The number of carbonyl (C=O) groups excluding carboxylic acids is 2. The Balaban J connectivity index is 2.11. The van der Waals surface area contributed by atoms with Crippen LogP contribution in [0.3, 0.4) is 0 Å². The summed E-state index contributed by atoms with van der Waals surface area (Å²) < 4.78 is 11.2. The molecule has 6 nitrogen and oxygen atoms in total. The lowest BCUT2D eigenvalue weighted by molar-refractivity contribution is -0.140. The summed E-state index contributed by atoms with van der Waals surface area (Å²) in [6.45, 7) is 10.6. The van der Waals surface area contributed by atoms with Crippen molar-refractivity contribution >= 4 is 17.4 Å². The maximum atomic E-state index is 13.1. The summed E-state index contributed by atoms with van der Waals surface area (Å²) in [5, 5.41) is 11.2. The van der Waals surface area contributed by atoms with E-state index in [-0.39, 0.29) is 24.0 Å². The average molecular weight is 438 g/mol. The predicted octanol–water partition coefficient (Wildman–Crippen LogP) is 4.55. The van der Waals surface area contributed by atoms with Gasteiger partial charge in [-0.05, 0) is 69.5 Å². The van der Waals surface area contributed by atoms with E-state index in [1.165, 1.54) is 4.90 Å². The SMILES string of the molecule is CCOc1ccc(/C(O)=C2\C(=O)C(=O)N(CCOC(C)C)C2c2ccccc2C)cc1C. The first-order valence-corrected chi connectivity index (χ1v) is 11.0. The quantitative estimate of drug-likeness (QED) is 0.373. The number of carbonyl (C=O) groups is 2. The lowest BCUT2D eigenvalue weighted by atomic mass is 9.92. The summed E-state index contributed by atoms with van der Waals surface area (Å²) in [6, 6.07) is 12.2. The highest BCUT2D eigenvalue weighted by Crippen LogP contribution is 2.40. The molecule has 1 aliphatic heterocycles. The largest absolute Gasteiger partial charge is 0.507 e. The fourth-order valence-electron chi connectivity index (χ4n) is 3.98. The first kappa shape index (κ1) is 23.5. The van der Waals surface area contributed by atoms with Gasteiger partial charge in [-0.15, -0.1) is 0 Å². The molecule has 2 aromatic rings. The van der Waals surface area contributed by atoms with Gasteiger partial charge in [-0.1, -0.05) is 24.3 Å². The van der Waals surface area contributed by atoms with E-state index in [2.05, 4.69) is 0 Å². The Morgan fingerprint density at radius 3 is 2.44 bits per heavy atom. The number of likely N-dealkylation sites (tertiary alicyclic amines) is 1. The van der Waals surface area contributed by atoms with Gasteiger partial charge in [0.15, 0.2) is 0 Å². The Morgan fingerprint density at radius 2 is 1.81 bits per heavy atom. The molecule has 170 valence electrons. The molecule has 0 bridgehead atoms. The minimum atomic E-state index is -0.688. The van der Waals surface area contributed by atoms with E-state index in [4.69, 9.17) is 9.47 Å². The summed E-state index contributed by atoms with van der Waals surface area (Å²) >= 11 is 0. The topological polar surface area (TPSA) is 76.1 Å². The first-order chi connectivity index (χ1) is 15.3. The minimum Gasteiger partial charge on any atom is -0.507 e. The molecule has 1 atom stereocenters. The molecule has 3 rings (SSSR count). The lowest BCUT2D eigenvalue weighted by Gasteiger charge is -2.26. The summed E-state index contributed by atoms with van der Waals surface area (Å²) in [7, 11) is 0. The van der Waals surface area contributed by atoms with Crippen molar-refractivity contribution in [3.63, 3.8) is 0 Å². The van der Waals surface area contributed by atoms with Crippen LogP contribution in [0.4, 0.5) is 0 Å². The van der Waals surface area contributed by atoms with Crippen LogP contribution >= 0.6 is 0 Å². The second-order valence-corrected chi connectivity index (χ2v) is 8.18. The third-order valence-electron chi connectivity index (χ3n) is 5.55. The fourth-order valence-corrected chi connectivity index (χ4v) is 3.98. The van der Waals surface area contributed by atoms with Gasteiger partial charge in [-0.3, -0.25) is 9.59 Å². The zero-order chi connectivity index (χ0) is 23.4. The van der Waals surface area contributed by atoms with Crippen molar-refractivity contribution in [2.75, 3.05) is 19.8 Å². The smallest absolute Gasteiger partial charge is 0.295 e. The van der Waals surface area contributed by atoms with Crippen molar-refractivity contribution in [1.82, 2.24) is 4.90 Å². The third-order valence-corrected chi connectivity index (χ3v) is 5.55. The maximum absolute atomic E-state index is 13.1. The second-order valence-electron chi connectivity index (χ2n) is 8.18. The predicted molar refractivity (Wildman–Crippen MR) is 124 cm³/mol. The highest BCUT2D eigenvalue weighted by Gasteiger charge is 2.46. The molecule has 1 amide bonds. The molecule has 0 aromatic heterocycles. The Labute approximate surface area is 189 Å². The van der Waals surface area contributed by atoms with Crippen molar-refractivity contribution in [3.05, 3.63) is 70.3 Å². The van der Waals surface area contributed by atoms with E-state index < -0.39 is 17.7 Å². The Bertz CT molecular complexity index is 1040. The molecule has 1 unspecified atom stereocenters. The van der Waals surface area contributed by atoms with Crippen molar-refractivity contribution in [1.29, 1.82) is 0 Å². The Hall–Kier alpha value is -3.12. The molecule has 0 spiro atoms. The zero-order valence-electron chi connectivity index (χ0n) is 19.3. The van der Waals surface area contributed by atoms with Gasteiger partial charge >= 0.3 is 0 Å². The molecule has 1 saturated heterocycles. The number of aliphatic hydroxyl groups is 1. The average Bonchev–Trinajstić information content (AvgIpc) is 3.00. The van der Waals surface area contributed by atoms with Gasteiger partial charge in [0.05, 0.1) is 30.9 Å². The van der Waals surface area contributed by atoms with Crippen molar-refractivity contribution in [2.45, 2.75) is 46.8 Å². The number of nitrogens with zero attached hydrogens (tertiary/aromatic N) is 1. The van der Waals surface area contributed by atoms with Crippen LogP contribution in [0, 0.1) is 13.8 Å². The monoisotopic (exact) mass is 437 g/mol. The van der Waals surface area contributed by atoms with E-state index in [0.29, 0.717) is 24.5 Å². The third kappa shape index (κ3) is 4.70. The fraction of sp³-hybridized carbons (Fsp3) is 0.385. The molecule has 0 saturated carbocycles. The standard InChI is InChI=1S/C26H31NO5/c1-6-31-21-12-11-19(15-18(21)5)24(28)22-23(20-10-8-7-9-17(20)4)27(26(30)25(22)29)13-14-32-16(2)3/h7-12,15-16,23,28H,6,13-14H2,1-5H3/b24-22+. The number of benzene rings is 2. The van der Waals surface area contributed by atoms with Crippen LogP contribution in [0.1, 0.15) is 49.1 Å². The van der Waals surface area contributed by atoms with Crippen LogP contribution in [0.2, 0.25) is 0 Å². The van der Waals surface area contributed by atoms with E-state index in [0.717, 1.165) is 16.7 Å². The van der Waals surface area contributed by atoms with Gasteiger partial charge < -0.3 is 19.5 Å². The lowest BCUT2D eigenvalue weighted by Crippen LogP contribution is -2.33. The maximum Gasteiger partial charge on any atom is 0.295 e. The van der Waals surface area contributed by atoms with Crippen molar-refractivity contribution in [3.8, 4) is 5.75 Å². The number of amides is 1. The molecular formula is C26H31NO5. The normalized spacial score (nSPS) is 17.9. The second kappa shape index (κ2) is 10.0. The molecule has 1 heterocycles. The molecule has 1 fully saturated rings. The highest BCUT2D eigenvalue weighted by molar-refractivity contribution is 6.46. The summed E-state index contributed by atoms with van der Waals surface area (Å²) in [5.74, 6) is -0.789. The molecule has 0 aliphatic carbocycles. The van der Waals surface area contributed by atoms with Gasteiger partial charge in [0.25, 0.3) is 11.7 Å². The number of Topliss-reactive ketones (excluding diaryl/α,β-unsaturated/α-hetero) is 1. The van der Waals surface area contributed by atoms with Crippen molar-refractivity contribution in [2.24, 2.45) is 0 Å². The molecule has 32 heavy (non-hydrogen) atoms. The number of ketones is 1. The molecular weight excluding hydrogens is 406 g/mol. The summed E-state index contributed by atoms with van der Waals surface area (Å²) in [5.41, 5.74) is 3.14. The molecule has 0 radical (unpaired) electrons. The van der Waals surface area contributed by atoms with Crippen LogP contribution < -0.4 is 4.74 Å². The van der Waals surface area contributed by atoms with E-state index in [1.807, 2.05) is 58.9 Å². The minimum absolute atomic E-state index is 0.00978. The number of aryl methyl sites for hydroxylation is 2. The molecule has 2 aromatic carbocycles. The van der Waals surface area contributed by atoms with Gasteiger partial charge in [0.1, 0.15) is 11.5 Å². The van der Waals surface area contributed by atoms with E-state index in [1.54, 1.807) is 18.2 Å². The Kier molecular flexibility index (Phi) is 7.36. The zero-order valence-corrected chi connectivity index (χ0v) is 19.3. The van der Waals surface area contributed by atoms with Crippen LogP contribution in [0.15, 0.2) is 48.0 Å². The summed E-state index contributed by atoms with van der Waals surface area (Å²) in [6.07, 6.45) is 0.00978. The summed E-state index contributed by atoms with van der Waals surface area (Å²) in [4.78, 5) is 27.6. The number of hydrogen-bond acceptors (Lipinski definition) is 5. The number of hydrogen-bond donors (Lipinski definition) is 1. The first-order valence-electron chi connectivity index (χ1n) is 11.0. The van der Waals surface area contributed by atoms with E-state index >= 15 is 0 Å². The van der Waals surface area contributed by atoms with Gasteiger partial charge in [-0.2, -0.15) is 0 Å². The van der Waals surface area contributed by atoms with Crippen LogP contribution in [0.5, 0.6) is 5.75 Å². The van der Waals surface area contributed by atoms with Crippen LogP contribution in [-0.4, -0.2) is 47.6 Å². The van der Waals surface area contributed by atoms with Gasteiger partial charge in [0, 0.05) is 12.1 Å². The molecule has 1 N–H and O–H groups in total. The number of aliphatic hydroxyl groups excluding tert-OH is 1. The number of rotatable bonds is 8. The van der Waals surface area contributed by atoms with Crippen LogP contribution in [0.25, 0.3) is 5.76 Å². The van der Waals surface area contributed by atoms with E-state index in [9.17, 15) is 14.7 Å². The Morgan fingerprint density at radius 1 is 1.09 bits per heavy atom. The molecule has 6 heteroatoms. The van der Waals surface area contributed by atoms with Gasteiger partial charge in [-0.25, -0.2) is 0 Å². The van der Waals surface area contributed by atoms with Crippen LogP contribution in [-0.2, 0) is 14.3 Å². The number of ether oxygens (including phenoxy) is 2. The highest BCUT2D eigenvalue weighted by atomic mass is 16.5. The van der Waals surface area contributed by atoms with Crippen molar-refractivity contribution < 1.29 is 24.2 Å². The van der Waals surface area contributed by atoms with Gasteiger partial charge in [0.2, 0.25) is 0 Å². The molecule has 1 aliphatic rings.